The molecule has 0 aliphatic carbocycles. The van der Waals surface area contributed by atoms with Gasteiger partial charge in [0.1, 0.15) is 0 Å². The Bertz CT molecular complexity index is 457. The minimum absolute atomic E-state index is 0.0673. The van der Waals surface area contributed by atoms with Crippen molar-refractivity contribution in [2.24, 2.45) is 5.73 Å². The molecule has 1 unspecified atom stereocenters. The van der Waals surface area contributed by atoms with Crippen LogP contribution in [0.25, 0.3) is 0 Å². The van der Waals surface area contributed by atoms with E-state index in [1.807, 2.05) is 13.0 Å². The Morgan fingerprint density at radius 2 is 2.00 bits per heavy atom. The van der Waals surface area contributed by atoms with Crippen molar-refractivity contribution in [1.82, 2.24) is 0 Å². The predicted molar refractivity (Wildman–Crippen MR) is 67.7 cm³/mol. The van der Waals surface area contributed by atoms with Gasteiger partial charge in [-0.2, -0.15) is 0 Å². The minimum Gasteiger partial charge on any atom is -0.376 e. The fourth-order valence-corrected chi connectivity index (χ4v) is 3.41. The number of hydrogen-bond acceptors (Lipinski definition) is 4. The Labute approximate surface area is 103 Å². The molecule has 0 saturated heterocycles. The fourth-order valence-electron chi connectivity index (χ4n) is 1.66. The van der Waals surface area contributed by atoms with Gasteiger partial charge in [-0.15, -0.1) is 0 Å². The highest BCUT2D eigenvalue weighted by Gasteiger charge is 2.21. The van der Waals surface area contributed by atoms with Gasteiger partial charge in [-0.05, 0) is 25.5 Å². The second-order valence-corrected chi connectivity index (χ2v) is 5.86. The number of aryl methyl sites for hydroxylation is 1. The lowest BCUT2D eigenvalue weighted by molar-refractivity contribution is 0.0846. The van der Waals surface area contributed by atoms with Crippen LogP contribution in [-0.2, 0) is 14.6 Å². The van der Waals surface area contributed by atoms with E-state index in [1.165, 1.54) is 0 Å². The van der Waals surface area contributed by atoms with E-state index in [2.05, 4.69) is 0 Å². The zero-order valence-corrected chi connectivity index (χ0v) is 11.0. The molecule has 0 aliphatic rings. The van der Waals surface area contributed by atoms with Crippen LogP contribution in [0.3, 0.4) is 0 Å². The second-order valence-electron chi connectivity index (χ2n) is 3.86. The molecule has 0 aromatic heterocycles. The van der Waals surface area contributed by atoms with Gasteiger partial charge in [0.25, 0.3) is 0 Å². The Balaban J connectivity index is 2.92. The van der Waals surface area contributed by atoms with E-state index < -0.39 is 15.9 Å². The Kier molecular flexibility index (Phi) is 5.11. The molecule has 0 amide bonds. The number of rotatable bonds is 6. The van der Waals surface area contributed by atoms with Gasteiger partial charge in [0.05, 0.1) is 16.8 Å². The molecule has 1 rings (SSSR count). The molecule has 0 bridgehead atoms. The van der Waals surface area contributed by atoms with E-state index in [0.717, 1.165) is 5.56 Å². The molecule has 0 fully saturated rings. The molecule has 96 valence electrons. The predicted octanol–water partition coefficient (Wildman–Crippen LogP) is 1.13. The van der Waals surface area contributed by atoms with Crippen molar-refractivity contribution in [3.05, 3.63) is 29.8 Å². The molecule has 0 saturated carbocycles. The summed E-state index contributed by atoms with van der Waals surface area (Å²) in [5, 5.41) is 0. The van der Waals surface area contributed by atoms with E-state index in [0.29, 0.717) is 11.5 Å². The highest BCUT2D eigenvalue weighted by atomic mass is 32.2. The van der Waals surface area contributed by atoms with Gasteiger partial charge in [0.2, 0.25) is 0 Å². The van der Waals surface area contributed by atoms with Crippen LogP contribution >= 0.6 is 0 Å². The normalized spacial score (nSPS) is 13.6. The van der Waals surface area contributed by atoms with Gasteiger partial charge >= 0.3 is 0 Å². The molecule has 0 heterocycles. The van der Waals surface area contributed by atoms with Crippen LogP contribution in [0.15, 0.2) is 29.2 Å². The van der Waals surface area contributed by atoms with Crippen LogP contribution in [0, 0.1) is 6.92 Å². The molecule has 0 radical (unpaired) electrons. The highest BCUT2D eigenvalue weighted by molar-refractivity contribution is 7.91. The van der Waals surface area contributed by atoms with Crippen molar-refractivity contribution < 1.29 is 13.2 Å². The van der Waals surface area contributed by atoms with Gasteiger partial charge < -0.3 is 10.5 Å². The maximum atomic E-state index is 12.2. The molecule has 1 aromatic rings. The lowest BCUT2D eigenvalue weighted by Crippen LogP contribution is -2.31. The first kappa shape index (κ1) is 14.2. The summed E-state index contributed by atoms with van der Waals surface area (Å²) < 4.78 is 29.6. The summed E-state index contributed by atoms with van der Waals surface area (Å²) in [6.07, 6.45) is -0.440. The topological polar surface area (TPSA) is 69.4 Å². The monoisotopic (exact) mass is 257 g/mol. The molecule has 1 aromatic carbocycles. The van der Waals surface area contributed by atoms with Crippen molar-refractivity contribution in [1.29, 1.82) is 0 Å². The van der Waals surface area contributed by atoms with E-state index in [9.17, 15) is 8.42 Å². The van der Waals surface area contributed by atoms with Crippen molar-refractivity contribution in [2.75, 3.05) is 18.9 Å². The fraction of sp³-hybridized carbons (Fsp3) is 0.500. The summed E-state index contributed by atoms with van der Waals surface area (Å²) in [7, 11) is -3.33. The molecular formula is C12H19NO3S. The first-order valence-corrected chi connectivity index (χ1v) is 7.26. The molecule has 17 heavy (non-hydrogen) atoms. The SMILES string of the molecule is CCOC(CN)CS(=O)(=O)c1ccccc1C. The first-order valence-electron chi connectivity index (χ1n) is 5.61. The molecule has 0 spiro atoms. The quantitative estimate of drug-likeness (QED) is 0.829. The largest absolute Gasteiger partial charge is 0.376 e. The number of sulfone groups is 1. The number of hydrogen-bond donors (Lipinski definition) is 1. The standard InChI is InChI=1S/C12H19NO3S/c1-3-16-11(8-13)9-17(14,15)12-7-5-4-6-10(12)2/h4-7,11H,3,8-9,13H2,1-2H3. The average Bonchev–Trinajstić information content (AvgIpc) is 2.28. The highest BCUT2D eigenvalue weighted by Crippen LogP contribution is 2.17. The van der Waals surface area contributed by atoms with E-state index in [-0.39, 0.29) is 12.3 Å². The van der Waals surface area contributed by atoms with Crippen LogP contribution in [0.2, 0.25) is 0 Å². The van der Waals surface area contributed by atoms with Crippen molar-refractivity contribution >= 4 is 9.84 Å². The van der Waals surface area contributed by atoms with Crippen molar-refractivity contribution in [3.63, 3.8) is 0 Å². The summed E-state index contributed by atoms with van der Waals surface area (Å²) in [5.41, 5.74) is 6.24. The van der Waals surface area contributed by atoms with Gasteiger partial charge in [-0.25, -0.2) is 8.42 Å². The lowest BCUT2D eigenvalue weighted by Gasteiger charge is -2.15. The minimum atomic E-state index is -3.33. The number of nitrogens with two attached hydrogens (primary N) is 1. The first-order chi connectivity index (χ1) is 8.01. The maximum absolute atomic E-state index is 12.2. The Morgan fingerprint density at radius 1 is 1.35 bits per heavy atom. The van der Waals surface area contributed by atoms with Crippen LogP contribution < -0.4 is 5.73 Å². The van der Waals surface area contributed by atoms with Gasteiger partial charge in [-0.1, -0.05) is 18.2 Å². The Hall–Kier alpha value is -0.910. The van der Waals surface area contributed by atoms with Crippen molar-refractivity contribution in [2.45, 2.75) is 24.8 Å². The second kappa shape index (κ2) is 6.14. The third-order valence-electron chi connectivity index (χ3n) is 2.50. The average molecular weight is 257 g/mol. The third kappa shape index (κ3) is 3.80. The zero-order chi connectivity index (χ0) is 12.9. The van der Waals surface area contributed by atoms with Crippen molar-refractivity contribution in [3.8, 4) is 0 Å². The maximum Gasteiger partial charge on any atom is 0.181 e. The van der Waals surface area contributed by atoms with Crippen LogP contribution in [0.1, 0.15) is 12.5 Å². The summed E-state index contributed by atoms with van der Waals surface area (Å²) >= 11 is 0. The summed E-state index contributed by atoms with van der Waals surface area (Å²) in [6, 6.07) is 6.94. The third-order valence-corrected chi connectivity index (χ3v) is 4.44. The molecule has 4 nitrogen and oxygen atoms in total. The molecule has 1 atom stereocenters. The van der Waals surface area contributed by atoms with Gasteiger partial charge in [-0.3, -0.25) is 0 Å². The molecule has 2 N–H and O–H groups in total. The summed E-state index contributed by atoms with van der Waals surface area (Å²) in [5.74, 6) is -0.0673. The van der Waals surface area contributed by atoms with Crippen LogP contribution in [0.4, 0.5) is 0 Å². The molecule has 5 heteroatoms. The van der Waals surface area contributed by atoms with Gasteiger partial charge in [0, 0.05) is 13.2 Å². The smallest absolute Gasteiger partial charge is 0.181 e. The zero-order valence-electron chi connectivity index (χ0n) is 10.2. The van der Waals surface area contributed by atoms with Gasteiger partial charge in [0.15, 0.2) is 9.84 Å². The molecular weight excluding hydrogens is 238 g/mol. The van der Waals surface area contributed by atoms with Crippen LogP contribution in [0.5, 0.6) is 0 Å². The molecule has 0 aliphatic heterocycles. The number of ether oxygens (including phenoxy) is 1. The summed E-state index contributed by atoms with van der Waals surface area (Å²) in [6.45, 7) is 4.28. The van der Waals surface area contributed by atoms with E-state index in [1.54, 1.807) is 25.1 Å². The Morgan fingerprint density at radius 3 is 2.53 bits per heavy atom. The lowest BCUT2D eigenvalue weighted by atomic mass is 10.2. The van der Waals surface area contributed by atoms with E-state index >= 15 is 0 Å². The van der Waals surface area contributed by atoms with Crippen LogP contribution in [-0.4, -0.2) is 33.4 Å². The number of benzene rings is 1. The van der Waals surface area contributed by atoms with E-state index in [4.69, 9.17) is 10.5 Å². The summed E-state index contributed by atoms with van der Waals surface area (Å²) in [4.78, 5) is 0.359.